The standard InChI is InChI=1S/C25H28N6O6S/c1-30-18-9-8-16(38(33,34)31-10-6-5-7-11-31)14-17(18)21-23(30)26-25(29-28-21)27-24(32)15-12-19(35-2)22(37-4)20(13-15)36-3/h8-9,12-14H,5-7,10-11H2,1-4H3,(H,26,27,29,32). The number of carbonyl (C=O) groups excluding carboxylic acids is 1. The Morgan fingerprint density at radius 3 is 2.26 bits per heavy atom. The molecule has 0 saturated carbocycles. The van der Waals surface area contributed by atoms with Gasteiger partial charge in [-0.25, -0.2) is 8.42 Å². The molecule has 38 heavy (non-hydrogen) atoms. The van der Waals surface area contributed by atoms with E-state index in [2.05, 4.69) is 20.5 Å². The number of methoxy groups -OCH3 is 3. The SMILES string of the molecule is COc1cc(C(=O)Nc2nnc3c4cc(S(=O)(=O)N5CCCCC5)ccc4n(C)c3n2)cc(OC)c1OC. The van der Waals surface area contributed by atoms with Crippen LogP contribution >= 0.6 is 0 Å². The third kappa shape index (κ3) is 4.37. The number of sulfonamides is 1. The maximum atomic E-state index is 13.2. The fourth-order valence-electron chi connectivity index (χ4n) is 4.69. The van der Waals surface area contributed by atoms with Gasteiger partial charge in [-0.3, -0.25) is 10.1 Å². The van der Waals surface area contributed by atoms with Crippen molar-refractivity contribution in [1.82, 2.24) is 24.1 Å². The van der Waals surface area contributed by atoms with E-state index in [9.17, 15) is 13.2 Å². The highest BCUT2D eigenvalue weighted by Gasteiger charge is 2.27. The molecular weight excluding hydrogens is 512 g/mol. The third-order valence-electron chi connectivity index (χ3n) is 6.68. The van der Waals surface area contributed by atoms with E-state index in [1.165, 1.54) is 37.8 Å². The largest absolute Gasteiger partial charge is 0.493 e. The fourth-order valence-corrected chi connectivity index (χ4v) is 6.23. The lowest BCUT2D eigenvalue weighted by Crippen LogP contribution is -2.35. The topological polar surface area (TPSA) is 138 Å². The molecule has 12 nitrogen and oxygen atoms in total. The lowest BCUT2D eigenvalue weighted by Gasteiger charge is -2.25. The fraction of sp³-hybridized carbons (Fsp3) is 0.360. The van der Waals surface area contributed by atoms with E-state index in [1.54, 1.807) is 29.8 Å². The van der Waals surface area contributed by atoms with Crippen molar-refractivity contribution in [2.75, 3.05) is 39.7 Å². The van der Waals surface area contributed by atoms with Gasteiger partial charge >= 0.3 is 0 Å². The minimum atomic E-state index is -3.62. The molecule has 1 fully saturated rings. The van der Waals surface area contributed by atoms with E-state index in [4.69, 9.17) is 14.2 Å². The van der Waals surface area contributed by atoms with Crippen LogP contribution in [0.25, 0.3) is 22.1 Å². The van der Waals surface area contributed by atoms with Crippen LogP contribution in [0.5, 0.6) is 17.2 Å². The molecule has 0 radical (unpaired) electrons. The van der Waals surface area contributed by atoms with Crippen molar-refractivity contribution in [3.05, 3.63) is 35.9 Å². The number of hydrogen-bond donors (Lipinski definition) is 1. The number of carbonyl (C=O) groups is 1. The lowest BCUT2D eigenvalue weighted by molar-refractivity contribution is 0.102. The van der Waals surface area contributed by atoms with Gasteiger partial charge in [0.15, 0.2) is 17.1 Å². The average molecular weight is 541 g/mol. The number of aryl methyl sites for hydroxylation is 1. The second-order valence-electron chi connectivity index (χ2n) is 8.88. The monoisotopic (exact) mass is 540 g/mol. The molecule has 4 aromatic rings. The summed E-state index contributed by atoms with van der Waals surface area (Å²) in [5.74, 6) is 0.511. The molecule has 1 amide bonds. The normalized spacial score (nSPS) is 14.5. The molecule has 5 rings (SSSR count). The minimum absolute atomic E-state index is 0.0108. The zero-order valence-electron chi connectivity index (χ0n) is 21.5. The van der Waals surface area contributed by atoms with Crippen molar-refractivity contribution in [3.8, 4) is 17.2 Å². The molecule has 2 aromatic heterocycles. The molecule has 0 unspecified atom stereocenters. The molecule has 1 saturated heterocycles. The van der Waals surface area contributed by atoms with Gasteiger partial charge in [0, 0.05) is 31.1 Å². The second kappa shape index (κ2) is 10.1. The van der Waals surface area contributed by atoms with E-state index in [0.717, 1.165) is 24.8 Å². The summed E-state index contributed by atoms with van der Waals surface area (Å²) in [6.07, 6.45) is 2.75. The third-order valence-corrected chi connectivity index (χ3v) is 8.57. The maximum Gasteiger partial charge on any atom is 0.258 e. The number of aromatic nitrogens is 4. The zero-order valence-corrected chi connectivity index (χ0v) is 22.3. The molecule has 1 aliphatic heterocycles. The number of anilines is 1. The number of fused-ring (bicyclic) bond motifs is 3. The first kappa shape index (κ1) is 25.7. The predicted molar refractivity (Wildman–Crippen MR) is 140 cm³/mol. The van der Waals surface area contributed by atoms with Crippen LogP contribution in [0.2, 0.25) is 0 Å². The van der Waals surface area contributed by atoms with Gasteiger partial charge in [-0.15, -0.1) is 10.2 Å². The Labute approximate surface area is 219 Å². The van der Waals surface area contributed by atoms with Crippen LogP contribution in [0.4, 0.5) is 5.95 Å². The van der Waals surface area contributed by atoms with Crippen LogP contribution in [0.3, 0.4) is 0 Å². The predicted octanol–water partition coefficient (Wildman–Crippen LogP) is 2.97. The number of nitrogens with zero attached hydrogens (tertiary/aromatic N) is 5. The lowest BCUT2D eigenvalue weighted by atomic mass is 10.1. The van der Waals surface area contributed by atoms with E-state index in [1.807, 2.05) is 0 Å². The van der Waals surface area contributed by atoms with Crippen molar-refractivity contribution in [3.63, 3.8) is 0 Å². The van der Waals surface area contributed by atoms with Crippen LogP contribution < -0.4 is 19.5 Å². The van der Waals surface area contributed by atoms with Crippen LogP contribution in [0.15, 0.2) is 35.2 Å². The van der Waals surface area contributed by atoms with Gasteiger partial charge in [-0.2, -0.15) is 9.29 Å². The highest BCUT2D eigenvalue weighted by atomic mass is 32.2. The summed E-state index contributed by atoms with van der Waals surface area (Å²) in [7, 11) is 2.58. The number of hydrogen-bond acceptors (Lipinski definition) is 9. The Balaban J connectivity index is 1.49. The van der Waals surface area contributed by atoms with Crippen LogP contribution in [0.1, 0.15) is 29.6 Å². The number of nitrogens with one attached hydrogen (secondary N) is 1. The van der Waals surface area contributed by atoms with Gasteiger partial charge < -0.3 is 18.8 Å². The average Bonchev–Trinajstić information content (AvgIpc) is 3.23. The molecule has 13 heteroatoms. The first-order valence-corrected chi connectivity index (χ1v) is 13.5. The van der Waals surface area contributed by atoms with Crippen molar-refractivity contribution in [1.29, 1.82) is 0 Å². The van der Waals surface area contributed by atoms with Crippen molar-refractivity contribution >= 4 is 43.9 Å². The molecule has 1 N–H and O–H groups in total. The van der Waals surface area contributed by atoms with Gasteiger partial charge in [-0.05, 0) is 43.2 Å². The molecule has 3 heterocycles. The number of piperidine rings is 1. The highest BCUT2D eigenvalue weighted by molar-refractivity contribution is 7.89. The van der Waals surface area contributed by atoms with E-state index in [-0.39, 0.29) is 16.4 Å². The molecule has 200 valence electrons. The van der Waals surface area contributed by atoms with E-state index >= 15 is 0 Å². The molecule has 1 aliphatic rings. The van der Waals surface area contributed by atoms with Crippen molar-refractivity contribution < 1.29 is 27.4 Å². The van der Waals surface area contributed by atoms with Gasteiger partial charge in [0.1, 0.15) is 5.52 Å². The van der Waals surface area contributed by atoms with E-state index in [0.29, 0.717) is 46.9 Å². The maximum absolute atomic E-state index is 13.2. The first-order valence-electron chi connectivity index (χ1n) is 12.0. The quantitative estimate of drug-likeness (QED) is 0.375. The Morgan fingerprint density at radius 1 is 0.947 bits per heavy atom. The Morgan fingerprint density at radius 2 is 1.63 bits per heavy atom. The summed E-state index contributed by atoms with van der Waals surface area (Å²) in [6, 6.07) is 8.00. The Hall–Kier alpha value is -3.97. The summed E-state index contributed by atoms with van der Waals surface area (Å²) in [6.45, 7) is 1.04. The molecule has 0 aliphatic carbocycles. The summed E-state index contributed by atoms with van der Waals surface area (Å²) in [5, 5.41) is 11.6. The summed E-state index contributed by atoms with van der Waals surface area (Å²) >= 11 is 0. The summed E-state index contributed by atoms with van der Waals surface area (Å²) < 4.78 is 45.7. The summed E-state index contributed by atoms with van der Waals surface area (Å²) in [5.41, 5.74) is 1.87. The number of ether oxygens (including phenoxy) is 3. The highest BCUT2D eigenvalue weighted by Crippen LogP contribution is 2.38. The Kier molecular flexibility index (Phi) is 6.80. The number of amides is 1. The van der Waals surface area contributed by atoms with Gasteiger partial charge in [-0.1, -0.05) is 6.42 Å². The minimum Gasteiger partial charge on any atom is -0.493 e. The molecule has 0 spiro atoms. The first-order chi connectivity index (χ1) is 18.3. The molecule has 2 aromatic carbocycles. The van der Waals surface area contributed by atoms with Crippen molar-refractivity contribution in [2.45, 2.75) is 24.2 Å². The molecule has 0 bridgehead atoms. The Bertz CT molecular complexity index is 1620. The van der Waals surface area contributed by atoms with Crippen LogP contribution in [-0.4, -0.2) is 72.8 Å². The van der Waals surface area contributed by atoms with E-state index < -0.39 is 15.9 Å². The smallest absolute Gasteiger partial charge is 0.258 e. The van der Waals surface area contributed by atoms with Gasteiger partial charge in [0.2, 0.25) is 15.8 Å². The summed E-state index contributed by atoms with van der Waals surface area (Å²) in [4.78, 5) is 17.7. The zero-order chi connectivity index (χ0) is 27.0. The number of benzene rings is 2. The number of rotatable bonds is 7. The van der Waals surface area contributed by atoms with Gasteiger partial charge in [0.25, 0.3) is 11.9 Å². The van der Waals surface area contributed by atoms with Crippen LogP contribution in [-0.2, 0) is 17.1 Å². The molecule has 0 atom stereocenters. The van der Waals surface area contributed by atoms with Gasteiger partial charge in [0.05, 0.1) is 31.7 Å². The molecular formula is C25H28N6O6S. The van der Waals surface area contributed by atoms with Crippen LogP contribution in [0, 0.1) is 0 Å². The second-order valence-corrected chi connectivity index (χ2v) is 10.8. The van der Waals surface area contributed by atoms with Crippen molar-refractivity contribution in [2.24, 2.45) is 7.05 Å².